The van der Waals surface area contributed by atoms with Crippen LogP contribution in [0, 0.1) is 0 Å². The molecule has 1 N–H and O–H groups in total. The molecule has 3 nitrogen and oxygen atoms in total. The summed E-state index contributed by atoms with van der Waals surface area (Å²) in [6.07, 6.45) is 0. The highest BCUT2D eigenvalue weighted by Crippen LogP contribution is 2.26. The number of likely N-dealkylation sites (N-methyl/N-ethyl adjacent to an activating group) is 1. The fourth-order valence-electron chi connectivity index (χ4n) is 2.39. The molecule has 1 unspecified atom stereocenters. The third-order valence-corrected chi connectivity index (χ3v) is 3.93. The van der Waals surface area contributed by atoms with Crippen molar-refractivity contribution >= 4 is 21.6 Å². The smallest absolute Gasteiger partial charge is 0.0663 e. The maximum absolute atomic E-state index is 5.32. The fraction of sp³-hybridized carbons (Fsp3) is 0.647. The maximum Gasteiger partial charge on any atom is 0.0663 e. The number of benzene rings is 1. The van der Waals surface area contributed by atoms with Gasteiger partial charge in [-0.15, -0.1) is 0 Å². The number of rotatable bonds is 7. The summed E-state index contributed by atoms with van der Waals surface area (Å²) in [4.78, 5) is 2.40. The van der Waals surface area contributed by atoms with Gasteiger partial charge in [-0.1, -0.05) is 15.9 Å². The van der Waals surface area contributed by atoms with Crippen molar-refractivity contribution in [2.75, 3.05) is 25.2 Å². The Morgan fingerprint density at radius 2 is 2.00 bits per heavy atom. The van der Waals surface area contributed by atoms with Gasteiger partial charge in [0, 0.05) is 41.9 Å². The summed E-state index contributed by atoms with van der Waals surface area (Å²) in [6.45, 7) is 13.5. The van der Waals surface area contributed by atoms with Gasteiger partial charge >= 0.3 is 0 Å². The van der Waals surface area contributed by atoms with E-state index in [1.54, 1.807) is 7.11 Å². The molecule has 0 spiro atoms. The molecule has 0 saturated carbocycles. The van der Waals surface area contributed by atoms with E-state index in [9.17, 15) is 0 Å². The molecule has 0 fully saturated rings. The molecule has 0 aliphatic carbocycles. The molecule has 21 heavy (non-hydrogen) atoms. The van der Waals surface area contributed by atoms with E-state index in [4.69, 9.17) is 4.74 Å². The Morgan fingerprint density at radius 1 is 1.33 bits per heavy atom. The third-order valence-electron chi connectivity index (χ3n) is 3.44. The standard InChI is InChI=1S/C17H29BrN2O/c1-7-20(13(2)12-21-6)16-9-8-15(18)10-14(16)11-19-17(3,4)5/h8-10,13,19H,7,11-12H2,1-6H3. The number of nitrogens with zero attached hydrogens (tertiary/aromatic N) is 1. The molecule has 120 valence electrons. The van der Waals surface area contributed by atoms with E-state index in [1.807, 2.05) is 0 Å². The fourth-order valence-corrected chi connectivity index (χ4v) is 2.80. The second-order valence-corrected chi connectivity index (χ2v) is 7.38. The summed E-state index contributed by atoms with van der Waals surface area (Å²) in [5, 5.41) is 3.58. The topological polar surface area (TPSA) is 24.5 Å². The number of anilines is 1. The van der Waals surface area contributed by atoms with Gasteiger partial charge in [-0.2, -0.15) is 0 Å². The molecular weight excluding hydrogens is 328 g/mol. The molecule has 1 atom stereocenters. The van der Waals surface area contributed by atoms with Gasteiger partial charge in [0.05, 0.1) is 6.61 Å². The highest BCUT2D eigenvalue weighted by Gasteiger charge is 2.17. The molecule has 0 bridgehead atoms. The van der Waals surface area contributed by atoms with Crippen LogP contribution in [0.4, 0.5) is 5.69 Å². The van der Waals surface area contributed by atoms with Gasteiger partial charge in [0.2, 0.25) is 0 Å². The van der Waals surface area contributed by atoms with Crippen LogP contribution in [0.3, 0.4) is 0 Å². The van der Waals surface area contributed by atoms with Crippen LogP contribution in [0.15, 0.2) is 22.7 Å². The summed E-state index contributed by atoms with van der Waals surface area (Å²) in [5.41, 5.74) is 2.69. The van der Waals surface area contributed by atoms with Crippen LogP contribution in [0.25, 0.3) is 0 Å². The second kappa shape index (κ2) is 8.16. The van der Waals surface area contributed by atoms with Crippen molar-refractivity contribution in [1.29, 1.82) is 0 Å². The SMILES string of the molecule is CCN(c1ccc(Br)cc1CNC(C)(C)C)C(C)COC. The monoisotopic (exact) mass is 356 g/mol. The van der Waals surface area contributed by atoms with Gasteiger partial charge in [0.25, 0.3) is 0 Å². The highest BCUT2D eigenvalue weighted by atomic mass is 79.9. The number of halogens is 1. The molecule has 0 heterocycles. The molecule has 1 rings (SSSR count). The van der Waals surface area contributed by atoms with Gasteiger partial charge < -0.3 is 15.0 Å². The zero-order valence-corrected chi connectivity index (χ0v) is 15.8. The normalized spacial score (nSPS) is 13.3. The Morgan fingerprint density at radius 3 is 2.52 bits per heavy atom. The molecule has 0 aliphatic rings. The third kappa shape index (κ3) is 5.97. The molecule has 0 saturated heterocycles. The van der Waals surface area contributed by atoms with Crippen molar-refractivity contribution in [1.82, 2.24) is 5.32 Å². The Bertz CT molecular complexity index is 443. The summed E-state index contributed by atoms with van der Waals surface area (Å²) in [6, 6.07) is 6.86. The van der Waals surface area contributed by atoms with Crippen LogP contribution in [0.2, 0.25) is 0 Å². The number of hydrogen-bond donors (Lipinski definition) is 1. The number of methoxy groups -OCH3 is 1. The van der Waals surface area contributed by atoms with Crippen LogP contribution >= 0.6 is 15.9 Å². The molecule has 4 heteroatoms. The lowest BCUT2D eigenvalue weighted by molar-refractivity contribution is 0.182. The number of hydrogen-bond acceptors (Lipinski definition) is 3. The Balaban J connectivity index is 3.03. The molecule has 1 aromatic rings. The van der Waals surface area contributed by atoms with Gasteiger partial charge in [-0.05, 0) is 58.4 Å². The van der Waals surface area contributed by atoms with E-state index in [0.29, 0.717) is 6.04 Å². The van der Waals surface area contributed by atoms with E-state index in [1.165, 1.54) is 11.3 Å². The van der Waals surface area contributed by atoms with E-state index < -0.39 is 0 Å². The van der Waals surface area contributed by atoms with Crippen molar-refractivity contribution in [2.45, 2.75) is 52.7 Å². The van der Waals surface area contributed by atoms with E-state index in [2.05, 4.69) is 79.0 Å². The lowest BCUT2D eigenvalue weighted by atomic mass is 10.1. The van der Waals surface area contributed by atoms with Gasteiger partial charge in [-0.25, -0.2) is 0 Å². The minimum absolute atomic E-state index is 0.106. The summed E-state index contributed by atoms with van der Waals surface area (Å²) < 4.78 is 6.44. The van der Waals surface area contributed by atoms with Crippen LogP contribution in [-0.2, 0) is 11.3 Å². The first-order chi connectivity index (χ1) is 9.78. The van der Waals surface area contributed by atoms with Gasteiger partial charge in [0.1, 0.15) is 0 Å². The largest absolute Gasteiger partial charge is 0.383 e. The lowest BCUT2D eigenvalue weighted by Gasteiger charge is -2.32. The quantitative estimate of drug-likeness (QED) is 0.792. The van der Waals surface area contributed by atoms with Gasteiger partial charge in [0.15, 0.2) is 0 Å². The van der Waals surface area contributed by atoms with Crippen LogP contribution in [0.1, 0.15) is 40.2 Å². The first-order valence-electron chi connectivity index (χ1n) is 7.57. The first-order valence-corrected chi connectivity index (χ1v) is 8.36. The number of nitrogens with one attached hydrogen (secondary N) is 1. The van der Waals surface area contributed by atoms with E-state index in [0.717, 1.165) is 24.2 Å². The zero-order valence-electron chi connectivity index (χ0n) is 14.2. The molecule has 0 radical (unpaired) electrons. The minimum atomic E-state index is 0.106. The van der Waals surface area contributed by atoms with Crippen LogP contribution in [0.5, 0.6) is 0 Å². The van der Waals surface area contributed by atoms with E-state index in [-0.39, 0.29) is 5.54 Å². The van der Waals surface area contributed by atoms with E-state index >= 15 is 0 Å². The zero-order chi connectivity index (χ0) is 16.0. The Hall–Kier alpha value is -0.580. The Kier molecular flexibility index (Phi) is 7.17. The van der Waals surface area contributed by atoms with Gasteiger partial charge in [-0.3, -0.25) is 0 Å². The van der Waals surface area contributed by atoms with Crippen molar-refractivity contribution in [3.05, 3.63) is 28.2 Å². The first kappa shape index (κ1) is 18.5. The molecule has 0 aromatic heterocycles. The Labute approximate surface area is 138 Å². The van der Waals surface area contributed by atoms with Crippen molar-refractivity contribution in [2.24, 2.45) is 0 Å². The summed E-state index contributed by atoms with van der Waals surface area (Å²) in [5.74, 6) is 0. The predicted molar refractivity (Wildman–Crippen MR) is 95.1 cm³/mol. The van der Waals surface area contributed by atoms with Crippen LogP contribution in [-0.4, -0.2) is 31.8 Å². The number of ether oxygens (including phenoxy) is 1. The molecule has 0 aliphatic heterocycles. The summed E-state index contributed by atoms with van der Waals surface area (Å²) in [7, 11) is 1.76. The van der Waals surface area contributed by atoms with Crippen molar-refractivity contribution in [3.63, 3.8) is 0 Å². The maximum atomic E-state index is 5.32. The summed E-state index contributed by atoms with van der Waals surface area (Å²) >= 11 is 3.58. The van der Waals surface area contributed by atoms with Crippen molar-refractivity contribution in [3.8, 4) is 0 Å². The predicted octanol–water partition coefficient (Wildman–Crippen LogP) is 4.20. The highest BCUT2D eigenvalue weighted by molar-refractivity contribution is 9.10. The average molecular weight is 357 g/mol. The molecule has 1 aromatic carbocycles. The second-order valence-electron chi connectivity index (χ2n) is 6.47. The average Bonchev–Trinajstić information content (AvgIpc) is 2.38. The van der Waals surface area contributed by atoms with Crippen LogP contribution < -0.4 is 10.2 Å². The minimum Gasteiger partial charge on any atom is -0.383 e. The van der Waals surface area contributed by atoms with Crippen molar-refractivity contribution < 1.29 is 4.74 Å². The molecule has 0 amide bonds. The lowest BCUT2D eigenvalue weighted by Crippen LogP contribution is -2.38. The molecular formula is C17H29BrN2O.